The Morgan fingerprint density at radius 1 is 1.17 bits per heavy atom. The first-order chi connectivity index (χ1) is 16.0. The highest BCUT2D eigenvalue weighted by Crippen LogP contribution is 2.68. The lowest BCUT2D eigenvalue weighted by atomic mass is 9.46. The number of carbonyl (C=O) groups excluding carboxylic acids is 1. The average Bonchev–Trinajstić information content (AvgIpc) is 3.08. The van der Waals surface area contributed by atoms with E-state index in [9.17, 15) is 28.9 Å². The van der Waals surface area contributed by atoms with Crippen molar-refractivity contribution in [3.05, 3.63) is 11.6 Å². The van der Waals surface area contributed by atoms with Gasteiger partial charge in [-0.1, -0.05) is 32.4 Å². The van der Waals surface area contributed by atoms with Crippen molar-refractivity contribution < 1.29 is 28.9 Å². The van der Waals surface area contributed by atoms with E-state index in [1.165, 1.54) is 19.4 Å². The summed E-state index contributed by atoms with van der Waals surface area (Å²) in [6.07, 6.45) is 9.27. The molecule has 3 saturated carbocycles. The average molecular weight is 496 g/mol. The van der Waals surface area contributed by atoms with Crippen molar-refractivity contribution in [2.45, 2.75) is 122 Å². The highest BCUT2D eigenvalue weighted by molar-refractivity contribution is 5.66. The summed E-state index contributed by atoms with van der Waals surface area (Å²) in [5.74, 6) is -2.01. The van der Waals surface area contributed by atoms with Crippen LogP contribution in [0.25, 0.3) is 0 Å². The second kappa shape index (κ2) is 8.79. The number of hydrogen-bond acceptors (Lipinski definition) is 4. The van der Waals surface area contributed by atoms with Gasteiger partial charge >= 0.3 is 0 Å². The molecule has 6 heteroatoms. The lowest BCUT2D eigenvalue weighted by Crippen LogP contribution is -2.53. The molecule has 0 spiro atoms. The van der Waals surface area contributed by atoms with Crippen LogP contribution in [0.3, 0.4) is 0 Å². The van der Waals surface area contributed by atoms with Gasteiger partial charge in [-0.25, -0.2) is 8.78 Å². The quantitative estimate of drug-likeness (QED) is 0.472. The van der Waals surface area contributed by atoms with Gasteiger partial charge in [-0.05, 0) is 112 Å². The van der Waals surface area contributed by atoms with Crippen molar-refractivity contribution in [3.8, 4) is 0 Å². The van der Waals surface area contributed by atoms with Gasteiger partial charge in [0.1, 0.15) is 5.60 Å². The Balaban J connectivity index is 1.48. The molecular formula is C29H45F2O4-. The van der Waals surface area contributed by atoms with E-state index in [1.807, 2.05) is 0 Å². The zero-order valence-electron chi connectivity index (χ0n) is 22.2. The first-order valence-electron chi connectivity index (χ1n) is 13.7. The molecule has 0 aromatic carbocycles. The van der Waals surface area contributed by atoms with Crippen molar-refractivity contribution >= 4 is 5.97 Å². The largest absolute Gasteiger partial charge is 0.550 e. The van der Waals surface area contributed by atoms with Gasteiger partial charge in [-0.2, -0.15) is 0 Å². The molecule has 0 aromatic rings. The van der Waals surface area contributed by atoms with E-state index in [-0.39, 0.29) is 29.6 Å². The summed E-state index contributed by atoms with van der Waals surface area (Å²) in [7, 11) is 0. The fourth-order valence-corrected chi connectivity index (χ4v) is 9.02. The van der Waals surface area contributed by atoms with Crippen molar-refractivity contribution in [3.63, 3.8) is 0 Å². The maximum absolute atomic E-state index is 14.4. The van der Waals surface area contributed by atoms with Crippen molar-refractivity contribution in [1.29, 1.82) is 0 Å². The molecule has 0 heterocycles. The molecule has 0 aliphatic heterocycles. The maximum atomic E-state index is 14.4. The summed E-state index contributed by atoms with van der Waals surface area (Å²) in [6, 6.07) is 0. The monoisotopic (exact) mass is 495 g/mol. The number of halogens is 2. The summed E-state index contributed by atoms with van der Waals surface area (Å²) < 4.78 is 28.9. The van der Waals surface area contributed by atoms with E-state index in [0.717, 1.165) is 38.5 Å². The van der Waals surface area contributed by atoms with E-state index >= 15 is 0 Å². The molecule has 0 amide bonds. The Bertz CT molecular complexity index is 863. The molecule has 200 valence electrons. The maximum Gasteiger partial charge on any atom is 0.275 e. The van der Waals surface area contributed by atoms with Crippen LogP contribution in [0, 0.1) is 40.4 Å². The van der Waals surface area contributed by atoms with Crippen LogP contribution < -0.4 is 5.11 Å². The topological polar surface area (TPSA) is 80.6 Å². The van der Waals surface area contributed by atoms with Crippen LogP contribution in [0.5, 0.6) is 0 Å². The standard InChI is InChI=1S/C29H46F2O4/c1-18(10-13-29(30,31)25(2,3)34)21-8-9-22-20-7-6-19-16-28(35,17-24(32)33)15-14-26(19,4)23(20)11-12-27(21,22)5/h6,18,20-23,34-35H,7-17H2,1-5H3,(H,32,33)/p-1/t18-,20+,21-,22+,23+,26+,27-,28+/m1/s1. The summed E-state index contributed by atoms with van der Waals surface area (Å²) >= 11 is 0. The minimum absolute atomic E-state index is 0.000870. The van der Waals surface area contributed by atoms with Gasteiger partial charge in [0.25, 0.3) is 5.92 Å². The lowest BCUT2D eigenvalue weighted by Gasteiger charge is -2.59. The van der Waals surface area contributed by atoms with Crippen LogP contribution in [0.2, 0.25) is 0 Å². The predicted octanol–water partition coefficient (Wildman–Crippen LogP) is 5.26. The molecular weight excluding hydrogens is 450 g/mol. The Morgan fingerprint density at radius 2 is 1.86 bits per heavy atom. The number of carboxylic acids is 1. The zero-order valence-corrected chi connectivity index (χ0v) is 22.2. The number of carbonyl (C=O) groups is 1. The molecule has 4 aliphatic carbocycles. The van der Waals surface area contributed by atoms with Gasteiger partial charge in [0.2, 0.25) is 0 Å². The van der Waals surface area contributed by atoms with Gasteiger partial charge in [-0.15, -0.1) is 0 Å². The van der Waals surface area contributed by atoms with Crippen molar-refractivity contribution in [2.75, 3.05) is 0 Å². The third-order valence-corrected chi connectivity index (χ3v) is 11.3. The first-order valence-corrected chi connectivity index (χ1v) is 13.7. The molecule has 4 aliphatic rings. The van der Waals surface area contributed by atoms with Gasteiger partial charge in [0.15, 0.2) is 0 Å². The molecule has 2 N–H and O–H groups in total. The van der Waals surface area contributed by atoms with Crippen molar-refractivity contribution in [2.24, 2.45) is 40.4 Å². The van der Waals surface area contributed by atoms with Gasteiger partial charge in [0.05, 0.1) is 5.60 Å². The molecule has 4 rings (SSSR count). The minimum Gasteiger partial charge on any atom is -0.550 e. The normalized spacial score (nSPS) is 42.5. The Labute approximate surface area is 209 Å². The first kappa shape index (κ1) is 27.0. The van der Waals surface area contributed by atoms with E-state index in [1.54, 1.807) is 0 Å². The Kier molecular flexibility index (Phi) is 6.79. The van der Waals surface area contributed by atoms with Gasteiger partial charge < -0.3 is 20.1 Å². The number of fused-ring (bicyclic) bond motifs is 5. The van der Waals surface area contributed by atoms with Crippen LogP contribution in [-0.2, 0) is 4.79 Å². The van der Waals surface area contributed by atoms with Crippen molar-refractivity contribution in [1.82, 2.24) is 0 Å². The van der Waals surface area contributed by atoms with Crippen LogP contribution >= 0.6 is 0 Å². The van der Waals surface area contributed by atoms with Gasteiger partial charge in [0, 0.05) is 18.8 Å². The third kappa shape index (κ3) is 4.60. The number of rotatable bonds is 7. The Morgan fingerprint density at radius 3 is 2.49 bits per heavy atom. The number of allylic oxidation sites excluding steroid dienone is 1. The smallest absolute Gasteiger partial charge is 0.275 e. The molecule has 0 aromatic heterocycles. The van der Waals surface area contributed by atoms with Crippen LogP contribution in [-0.4, -0.2) is 33.3 Å². The summed E-state index contributed by atoms with van der Waals surface area (Å²) in [4.78, 5) is 11.2. The molecule has 35 heavy (non-hydrogen) atoms. The molecule has 0 unspecified atom stereocenters. The summed E-state index contributed by atoms with van der Waals surface area (Å²) in [5, 5.41) is 32.0. The van der Waals surface area contributed by atoms with Gasteiger partial charge in [-0.3, -0.25) is 0 Å². The van der Waals surface area contributed by atoms with E-state index in [4.69, 9.17) is 0 Å². The fraction of sp³-hybridized carbons (Fsp3) is 0.897. The van der Waals surface area contributed by atoms with Crippen LogP contribution in [0.1, 0.15) is 105 Å². The lowest BCUT2D eigenvalue weighted by molar-refractivity contribution is -0.309. The number of hydrogen-bond donors (Lipinski definition) is 2. The highest BCUT2D eigenvalue weighted by Gasteiger charge is 2.60. The SMILES string of the molecule is C[C@H](CCC(F)(F)C(C)(C)O)[C@H]1CC[C@H]2[C@@H]3CC=C4C[C@](O)(CC(=O)[O-])CC[C@]4(C)[C@H]3CC[C@]12C. The second-order valence-electron chi connectivity index (χ2n) is 13.7. The van der Waals surface area contributed by atoms with Crippen LogP contribution in [0.15, 0.2) is 11.6 Å². The molecule has 8 atom stereocenters. The highest BCUT2D eigenvalue weighted by atomic mass is 19.3. The second-order valence-corrected chi connectivity index (χ2v) is 13.7. The molecule has 4 nitrogen and oxygen atoms in total. The minimum atomic E-state index is -3.09. The molecule has 3 fully saturated rings. The van der Waals surface area contributed by atoms with E-state index < -0.39 is 23.1 Å². The fourth-order valence-electron chi connectivity index (χ4n) is 9.02. The predicted molar refractivity (Wildman–Crippen MR) is 129 cm³/mol. The number of alkyl halides is 2. The zero-order chi connectivity index (χ0) is 26.0. The number of aliphatic hydroxyl groups is 2. The molecule has 0 radical (unpaired) electrons. The molecule has 0 bridgehead atoms. The summed E-state index contributed by atoms with van der Waals surface area (Å²) in [5.41, 5.74) is -1.81. The number of carboxylic acid groups (broad SMARTS) is 1. The summed E-state index contributed by atoms with van der Waals surface area (Å²) in [6.45, 7) is 9.25. The van der Waals surface area contributed by atoms with Crippen LogP contribution in [0.4, 0.5) is 8.78 Å². The Hall–Kier alpha value is -1.01. The number of aliphatic carboxylic acids is 1. The van der Waals surface area contributed by atoms with E-state index in [2.05, 4.69) is 26.8 Å². The molecule has 0 saturated heterocycles. The third-order valence-electron chi connectivity index (χ3n) is 11.3. The van der Waals surface area contributed by atoms with E-state index in [0.29, 0.717) is 42.9 Å².